The van der Waals surface area contributed by atoms with Crippen LogP contribution in [-0.2, 0) is 4.79 Å². The van der Waals surface area contributed by atoms with Gasteiger partial charge in [-0.25, -0.2) is 14.0 Å². The van der Waals surface area contributed by atoms with Crippen molar-refractivity contribution >= 4 is 11.7 Å². The van der Waals surface area contributed by atoms with Gasteiger partial charge in [0.25, 0.3) is 0 Å². The van der Waals surface area contributed by atoms with Crippen LogP contribution in [0.15, 0.2) is 59.8 Å². The summed E-state index contributed by atoms with van der Waals surface area (Å²) >= 11 is 0. The molecule has 4 rings (SSSR count). The summed E-state index contributed by atoms with van der Waals surface area (Å²) in [5.74, 6) is -0.885. The highest BCUT2D eigenvalue weighted by molar-refractivity contribution is 5.75. The first kappa shape index (κ1) is 20.8. The molecule has 3 heterocycles. The average molecular weight is 422 g/mol. The van der Waals surface area contributed by atoms with E-state index in [-0.39, 0.29) is 11.7 Å². The number of benzene rings is 1. The van der Waals surface area contributed by atoms with Crippen LogP contribution >= 0.6 is 0 Å². The van der Waals surface area contributed by atoms with E-state index >= 15 is 0 Å². The Morgan fingerprint density at radius 3 is 2.23 bits per heavy atom. The molecule has 162 valence electrons. The lowest BCUT2D eigenvalue weighted by Gasteiger charge is -2.38. The summed E-state index contributed by atoms with van der Waals surface area (Å²) in [6.07, 6.45) is 3.17. The van der Waals surface area contributed by atoms with Gasteiger partial charge in [0.1, 0.15) is 6.33 Å². The van der Waals surface area contributed by atoms with E-state index < -0.39 is 12.0 Å². The molecular weight excluding hydrogens is 396 g/mol. The summed E-state index contributed by atoms with van der Waals surface area (Å²) in [7, 11) is 0. The molecule has 1 atom stereocenters. The zero-order valence-corrected chi connectivity index (χ0v) is 17.6. The van der Waals surface area contributed by atoms with Gasteiger partial charge < -0.3 is 10.0 Å². The Balaban J connectivity index is 1.44. The maximum atomic E-state index is 12.5. The number of nitrogens with zero attached hydrogens (tertiary/aromatic N) is 6. The molecule has 2 aromatic heterocycles. The van der Waals surface area contributed by atoms with Crippen molar-refractivity contribution in [1.82, 2.24) is 24.2 Å². The summed E-state index contributed by atoms with van der Waals surface area (Å²) in [4.78, 5) is 32.7. The molecule has 1 aliphatic rings. The van der Waals surface area contributed by atoms with E-state index in [0.717, 1.165) is 11.4 Å². The van der Waals surface area contributed by atoms with Crippen LogP contribution in [0.4, 0.5) is 5.69 Å². The standard InChI is InChI=1S/C22H26N6O3/c1-16(2)28-22(31)27(15-24-28)18-8-6-17(7-9-18)25-11-13-26(14-12-25)20(21(29)30)19-5-3-4-10-23-19/h3-10,15-16,20H,11-14H2,1-2H3,(H,29,30). The third kappa shape index (κ3) is 4.22. The molecule has 1 aromatic carbocycles. The smallest absolute Gasteiger partial charge is 0.350 e. The van der Waals surface area contributed by atoms with Crippen LogP contribution in [0.1, 0.15) is 31.6 Å². The van der Waals surface area contributed by atoms with Gasteiger partial charge in [0.15, 0.2) is 6.04 Å². The fourth-order valence-corrected chi connectivity index (χ4v) is 3.92. The Hall–Kier alpha value is -3.46. The van der Waals surface area contributed by atoms with Crippen LogP contribution in [-0.4, -0.2) is 61.5 Å². The van der Waals surface area contributed by atoms with Gasteiger partial charge in [-0.15, -0.1) is 0 Å². The molecule has 31 heavy (non-hydrogen) atoms. The molecule has 0 saturated carbocycles. The van der Waals surface area contributed by atoms with Crippen molar-refractivity contribution in [3.63, 3.8) is 0 Å². The number of anilines is 1. The maximum Gasteiger partial charge on any atom is 0.350 e. The molecule has 1 N–H and O–H groups in total. The number of piperazine rings is 1. The molecule has 0 spiro atoms. The van der Waals surface area contributed by atoms with Gasteiger partial charge in [-0.3, -0.25) is 14.7 Å². The second-order valence-electron chi connectivity index (χ2n) is 7.86. The number of aromatic nitrogens is 4. The van der Waals surface area contributed by atoms with E-state index in [0.29, 0.717) is 31.9 Å². The summed E-state index contributed by atoms with van der Waals surface area (Å²) in [5, 5.41) is 13.9. The van der Waals surface area contributed by atoms with Crippen LogP contribution in [0, 0.1) is 0 Å². The fraction of sp³-hybridized carbons (Fsp3) is 0.364. The number of carbonyl (C=O) groups is 1. The Bertz CT molecular complexity index is 1080. The number of hydrogen-bond acceptors (Lipinski definition) is 6. The first-order valence-electron chi connectivity index (χ1n) is 10.3. The van der Waals surface area contributed by atoms with E-state index in [2.05, 4.69) is 15.0 Å². The molecule has 0 aliphatic carbocycles. The monoisotopic (exact) mass is 422 g/mol. The molecule has 1 saturated heterocycles. The highest BCUT2D eigenvalue weighted by Gasteiger charge is 2.31. The molecule has 9 nitrogen and oxygen atoms in total. The van der Waals surface area contributed by atoms with Crippen LogP contribution in [0.3, 0.4) is 0 Å². The molecule has 1 aliphatic heterocycles. The number of aliphatic carboxylic acids is 1. The fourth-order valence-electron chi connectivity index (χ4n) is 3.92. The van der Waals surface area contributed by atoms with Crippen LogP contribution in [0.5, 0.6) is 0 Å². The average Bonchev–Trinajstić information content (AvgIpc) is 3.17. The quantitative estimate of drug-likeness (QED) is 0.649. The number of hydrogen-bond donors (Lipinski definition) is 1. The Morgan fingerprint density at radius 2 is 1.68 bits per heavy atom. The number of rotatable bonds is 6. The van der Waals surface area contributed by atoms with Gasteiger partial charge in [-0.1, -0.05) is 6.07 Å². The van der Waals surface area contributed by atoms with Crippen molar-refractivity contribution in [3.05, 3.63) is 71.2 Å². The predicted octanol–water partition coefficient (Wildman–Crippen LogP) is 1.96. The normalized spacial score (nSPS) is 15.9. The summed E-state index contributed by atoms with van der Waals surface area (Å²) in [6.45, 7) is 6.50. The molecule has 0 bridgehead atoms. The lowest BCUT2D eigenvalue weighted by Crippen LogP contribution is -2.49. The van der Waals surface area contributed by atoms with Crippen molar-refractivity contribution in [2.24, 2.45) is 0 Å². The second-order valence-corrected chi connectivity index (χ2v) is 7.86. The lowest BCUT2D eigenvalue weighted by atomic mass is 10.1. The SMILES string of the molecule is CC(C)n1ncn(-c2ccc(N3CCN(C(C(=O)O)c4ccccn4)CC3)cc2)c1=O. The Kier molecular flexibility index (Phi) is 5.85. The van der Waals surface area contributed by atoms with Gasteiger partial charge >= 0.3 is 11.7 Å². The Morgan fingerprint density at radius 1 is 1.00 bits per heavy atom. The van der Waals surface area contributed by atoms with Gasteiger partial charge in [0.2, 0.25) is 0 Å². The zero-order valence-electron chi connectivity index (χ0n) is 17.6. The number of carboxylic acids is 1. The lowest BCUT2D eigenvalue weighted by molar-refractivity contribution is -0.143. The van der Waals surface area contributed by atoms with Crippen molar-refractivity contribution < 1.29 is 9.90 Å². The first-order valence-corrected chi connectivity index (χ1v) is 10.3. The topological polar surface area (TPSA) is 96.5 Å². The van der Waals surface area contributed by atoms with Gasteiger partial charge in [0.05, 0.1) is 17.4 Å². The van der Waals surface area contributed by atoms with Crippen molar-refractivity contribution in [2.45, 2.75) is 25.9 Å². The highest BCUT2D eigenvalue weighted by atomic mass is 16.4. The summed E-state index contributed by atoms with van der Waals surface area (Å²) in [6, 6.07) is 12.4. The molecule has 1 unspecified atom stereocenters. The highest BCUT2D eigenvalue weighted by Crippen LogP contribution is 2.24. The van der Waals surface area contributed by atoms with E-state index in [4.69, 9.17) is 0 Å². The summed E-state index contributed by atoms with van der Waals surface area (Å²) in [5.41, 5.74) is 2.20. The van der Waals surface area contributed by atoms with Crippen LogP contribution in [0.2, 0.25) is 0 Å². The van der Waals surface area contributed by atoms with Crippen molar-refractivity contribution in [2.75, 3.05) is 31.1 Å². The molecule has 0 amide bonds. The minimum Gasteiger partial charge on any atom is -0.480 e. The third-order valence-corrected chi connectivity index (χ3v) is 5.56. The van der Waals surface area contributed by atoms with Crippen molar-refractivity contribution in [1.29, 1.82) is 0 Å². The molecule has 0 radical (unpaired) electrons. The van der Waals surface area contributed by atoms with E-state index in [9.17, 15) is 14.7 Å². The number of pyridine rings is 1. The molecule has 1 fully saturated rings. The van der Waals surface area contributed by atoms with Crippen LogP contribution in [0.25, 0.3) is 5.69 Å². The molecule has 3 aromatic rings. The number of carboxylic acid groups (broad SMARTS) is 1. The summed E-state index contributed by atoms with van der Waals surface area (Å²) < 4.78 is 2.99. The van der Waals surface area contributed by atoms with Crippen molar-refractivity contribution in [3.8, 4) is 5.69 Å². The predicted molar refractivity (Wildman–Crippen MR) is 117 cm³/mol. The molecular formula is C22H26N6O3. The van der Waals surface area contributed by atoms with E-state index in [1.54, 1.807) is 24.7 Å². The molecule has 9 heteroatoms. The largest absolute Gasteiger partial charge is 0.480 e. The minimum absolute atomic E-state index is 0.00466. The zero-order chi connectivity index (χ0) is 22.0. The van der Waals surface area contributed by atoms with Gasteiger partial charge in [0, 0.05) is 38.1 Å². The minimum atomic E-state index is -0.885. The first-order chi connectivity index (χ1) is 15.0. The Labute approximate surface area is 180 Å². The van der Waals surface area contributed by atoms with Gasteiger partial charge in [-0.05, 0) is 50.2 Å². The third-order valence-electron chi connectivity index (χ3n) is 5.56. The maximum absolute atomic E-state index is 12.5. The van der Waals surface area contributed by atoms with E-state index in [1.807, 2.05) is 49.1 Å². The van der Waals surface area contributed by atoms with Gasteiger partial charge in [-0.2, -0.15) is 5.10 Å². The second kappa shape index (κ2) is 8.73. The van der Waals surface area contributed by atoms with E-state index in [1.165, 1.54) is 9.25 Å². The van der Waals surface area contributed by atoms with Crippen LogP contribution < -0.4 is 10.6 Å².